The number of hydrogen-bond acceptors (Lipinski definition) is 3. The number of carbonyl (C=O) groups excluding carboxylic acids is 1. The van der Waals surface area contributed by atoms with Crippen molar-refractivity contribution in [3.8, 4) is 0 Å². The first kappa shape index (κ1) is 12.4. The van der Waals surface area contributed by atoms with E-state index in [1.54, 1.807) is 11.3 Å². The van der Waals surface area contributed by atoms with Gasteiger partial charge in [-0.05, 0) is 31.7 Å². The fraction of sp³-hybridized carbons (Fsp3) is 0.583. The Bertz CT molecular complexity index is 311. The molecule has 0 aromatic carbocycles. The minimum absolute atomic E-state index is 0.137. The number of aryl methyl sites for hydroxylation is 1. The first-order valence-corrected chi connectivity index (χ1v) is 6.28. The van der Waals surface area contributed by atoms with Crippen molar-refractivity contribution in [2.45, 2.75) is 39.7 Å². The minimum Gasteiger partial charge on any atom is -0.370 e. The molecule has 1 heterocycles. The summed E-state index contributed by atoms with van der Waals surface area (Å²) in [5, 5.41) is 1.96. The van der Waals surface area contributed by atoms with Crippen LogP contribution in [0.5, 0.6) is 0 Å². The maximum absolute atomic E-state index is 12.1. The largest absolute Gasteiger partial charge is 0.370 e. The minimum atomic E-state index is -0.256. The van der Waals surface area contributed by atoms with E-state index in [0.29, 0.717) is 6.61 Å². The third-order valence-corrected chi connectivity index (χ3v) is 3.18. The smallest absolute Gasteiger partial charge is 0.192 e. The standard InChI is InChI=1S/C12H18O2S/c1-4-6-11(14-5-2)12(13)10-7-8-15-9(10)3/h7-8,11H,4-6H2,1-3H3. The van der Waals surface area contributed by atoms with E-state index in [0.717, 1.165) is 23.3 Å². The Morgan fingerprint density at radius 3 is 2.73 bits per heavy atom. The number of ether oxygens (including phenoxy) is 1. The molecule has 0 aliphatic carbocycles. The molecule has 84 valence electrons. The van der Waals surface area contributed by atoms with Gasteiger partial charge in [0.2, 0.25) is 0 Å². The van der Waals surface area contributed by atoms with Crippen LogP contribution in [-0.4, -0.2) is 18.5 Å². The van der Waals surface area contributed by atoms with Gasteiger partial charge >= 0.3 is 0 Å². The van der Waals surface area contributed by atoms with E-state index < -0.39 is 0 Å². The molecular formula is C12H18O2S. The first-order valence-electron chi connectivity index (χ1n) is 5.40. The summed E-state index contributed by atoms with van der Waals surface area (Å²) in [5.74, 6) is 0.137. The van der Waals surface area contributed by atoms with E-state index in [1.165, 1.54) is 0 Å². The molecule has 0 aliphatic heterocycles. The maximum atomic E-state index is 12.1. The predicted octanol–water partition coefficient (Wildman–Crippen LogP) is 3.44. The molecule has 3 heteroatoms. The van der Waals surface area contributed by atoms with Gasteiger partial charge in [0.25, 0.3) is 0 Å². The molecule has 1 rings (SSSR count). The first-order chi connectivity index (χ1) is 7.20. The topological polar surface area (TPSA) is 26.3 Å². The molecule has 1 atom stereocenters. The van der Waals surface area contributed by atoms with Crippen molar-refractivity contribution in [1.82, 2.24) is 0 Å². The quantitative estimate of drug-likeness (QED) is 0.694. The van der Waals surface area contributed by atoms with E-state index in [1.807, 2.05) is 25.3 Å². The van der Waals surface area contributed by atoms with Crippen molar-refractivity contribution in [1.29, 1.82) is 0 Å². The van der Waals surface area contributed by atoms with Crippen LogP contribution < -0.4 is 0 Å². The summed E-state index contributed by atoms with van der Waals surface area (Å²) >= 11 is 1.61. The monoisotopic (exact) mass is 226 g/mol. The normalized spacial score (nSPS) is 12.7. The molecule has 1 aromatic rings. The van der Waals surface area contributed by atoms with Gasteiger partial charge in [-0.15, -0.1) is 11.3 Å². The SMILES string of the molecule is CCCC(OCC)C(=O)c1ccsc1C. The van der Waals surface area contributed by atoms with Crippen LogP contribution in [0.4, 0.5) is 0 Å². The van der Waals surface area contributed by atoms with E-state index in [-0.39, 0.29) is 11.9 Å². The second kappa shape index (κ2) is 6.03. The molecule has 0 bridgehead atoms. The Kier molecular flexibility index (Phi) is 4.99. The molecule has 0 aliphatic rings. The molecule has 0 saturated carbocycles. The lowest BCUT2D eigenvalue weighted by molar-refractivity contribution is 0.0423. The highest BCUT2D eigenvalue weighted by Gasteiger charge is 2.21. The van der Waals surface area contributed by atoms with Crippen LogP contribution in [0.3, 0.4) is 0 Å². The van der Waals surface area contributed by atoms with Crippen LogP contribution in [0.2, 0.25) is 0 Å². The predicted molar refractivity (Wildman–Crippen MR) is 63.7 cm³/mol. The van der Waals surface area contributed by atoms with Crippen molar-refractivity contribution in [3.05, 3.63) is 21.9 Å². The summed E-state index contributed by atoms with van der Waals surface area (Å²) in [6, 6.07) is 1.89. The van der Waals surface area contributed by atoms with E-state index >= 15 is 0 Å². The molecule has 1 unspecified atom stereocenters. The molecule has 0 radical (unpaired) electrons. The molecule has 15 heavy (non-hydrogen) atoms. The number of ketones is 1. The van der Waals surface area contributed by atoms with Crippen LogP contribution in [0.1, 0.15) is 41.9 Å². The molecule has 0 fully saturated rings. The van der Waals surface area contributed by atoms with Crippen molar-refractivity contribution in [2.24, 2.45) is 0 Å². The van der Waals surface area contributed by atoms with Crippen LogP contribution in [0, 0.1) is 6.92 Å². The van der Waals surface area contributed by atoms with Crippen molar-refractivity contribution < 1.29 is 9.53 Å². The summed E-state index contributed by atoms with van der Waals surface area (Å²) in [6.45, 7) is 6.57. The second-order valence-electron chi connectivity index (χ2n) is 3.49. The van der Waals surface area contributed by atoms with Crippen LogP contribution in [-0.2, 0) is 4.74 Å². The van der Waals surface area contributed by atoms with Gasteiger partial charge in [0.15, 0.2) is 5.78 Å². The van der Waals surface area contributed by atoms with Gasteiger partial charge in [-0.1, -0.05) is 13.3 Å². The maximum Gasteiger partial charge on any atom is 0.192 e. The number of Topliss-reactive ketones (excluding diaryl/α,β-unsaturated/α-hetero) is 1. The zero-order valence-electron chi connectivity index (χ0n) is 9.58. The van der Waals surface area contributed by atoms with Gasteiger partial charge in [0, 0.05) is 17.0 Å². The van der Waals surface area contributed by atoms with Crippen LogP contribution in [0.25, 0.3) is 0 Å². The molecule has 0 N–H and O–H groups in total. The number of thiophene rings is 1. The number of carbonyl (C=O) groups is 1. The lowest BCUT2D eigenvalue weighted by atomic mass is 10.0. The van der Waals surface area contributed by atoms with Crippen LogP contribution in [0.15, 0.2) is 11.4 Å². The molecular weight excluding hydrogens is 208 g/mol. The van der Waals surface area contributed by atoms with Gasteiger partial charge in [-0.3, -0.25) is 4.79 Å². The zero-order chi connectivity index (χ0) is 11.3. The molecule has 0 amide bonds. The third kappa shape index (κ3) is 3.14. The average molecular weight is 226 g/mol. The Morgan fingerprint density at radius 2 is 2.27 bits per heavy atom. The van der Waals surface area contributed by atoms with Gasteiger partial charge in [-0.2, -0.15) is 0 Å². The van der Waals surface area contributed by atoms with E-state index in [4.69, 9.17) is 4.74 Å². The Morgan fingerprint density at radius 1 is 1.53 bits per heavy atom. The number of hydrogen-bond donors (Lipinski definition) is 0. The lowest BCUT2D eigenvalue weighted by Gasteiger charge is -2.14. The highest BCUT2D eigenvalue weighted by atomic mass is 32.1. The Hall–Kier alpha value is -0.670. The highest BCUT2D eigenvalue weighted by Crippen LogP contribution is 2.19. The fourth-order valence-electron chi connectivity index (χ4n) is 1.57. The van der Waals surface area contributed by atoms with Crippen LogP contribution >= 0.6 is 11.3 Å². The molecule has 0 spiro atoms. The van der Waals surface area contributed by atoms with E-state index in [2.05, 4.69) is 6.92 Å². The van der Waals surface area contributed by atoms with Crippen molar-refractivity contribution in [2.75, 3.05) is 6.61 Å². The van der Waals surface area contributed by atoms with Gasteiger partial charge in [0.1, 0.15) is 6.10 Å². The zero-order valence-corrected chi connectivity index (χ0v) is 10.4. The summed E-state index contributed by atoms with van der Waals surface area (Å²) in [7, 11) is 0. The highest BCUT2D eigenvalue weighted by molar-refractivity contribution is 7.10. The lowest BCUT2D eigenvalue weighted by Crippen LogP contribution is -2.24. The summed E-state index contributed by atoms with van der Waals surface area (Å²) in [4.78, 5) is 13.2. The summed E-state index contributed by atoms with van der Waals surface area (Å²) in [6.07, 6.45) is 1.52. The summed E-state index contributed by atoms with van der Waals surface area (Å²) in [5.41, 5.74) is 0.826. The van der Waals surface area contributed by atoms with Crippen molar-refractivity contribution in [3.63, 3.8) is 0 Å². The molecule has 0 saturated heterocycles. The van der Waals surface area contributed by atoms with Gasteiger partial charge in [-0.25, -0.2) is 0 Å². The molecule has 2 nitrogen and oxygen atoms in total. The fourth-order valence-corrected chi connectivity index (χ4v) is 2.27. The van der Waals surface area contributed by atoms with E-state index in [9.17, 15) is 4.79 Å². The number of rotatable bonds is 6. The Balaban J connectivity index is 2.76. The Labute approximate surface area is 95.3 Å². The third-order valence-electron chi connectivity index (χ3n) is 2.34. The van der Waals surface area contributed by atoms with Gasteiger partial charge < -0.3 is 4.74 Å². The second-order valence-corrected chi connectivity index (χ2v) is 4.61. The summed E-state index contributed by atoms with van der Waals surface area (Å²) < 4.78 is 5.48. The van der Waals surface area contributed by atoms with Crippen molar-refractivity contribution >= 4 is 17.1 Å². The van der Waals surface area contributed by atoms with Gasteiger partial charge in [0.05, 0.1) is 0 Å². The molecule has 1 aromatic heterocycles. The average Bonchev–Trinajstić information content (AvgIpc) is 2.63.